The molecule has 13 heavy (non-hydrogen) atoms. The minimum atomic E-state index is 0.128. The Labute approximate surface area is 82.4 Å². The SMILES string of the molecule is NC1(CNCCc2nccs2)CC1. The van der Waals surface area contributed by atoms with Gasteiger partial charge in [0.05, 0.1) is 5.01 Å². The predicted octanol–water partition coefficient (Wildman–Crippen LogP) is 0.766. The van der Waals surface area contributed by atoms with Crippen LogP contribution < -0.4 is 11.1 Å². The normalized spacial score (nSPS) is 18.8. The first-order chi connectivity index (χ1) is 6.29. The highest BCUT2D eigenvalue weighted by Crippen LogP contribution is 2.30. The lowest BCUT2D eigenvalue weighted by Crippen LogP contribution is -2.36. The van der Waals surface area contributed by atoms with Gasteiger partial charge in [-0.05, 0) is 12.8 Å². The molecule has 1 fully saturated rings. The minimum Gasteiger partial charge on any atom is -0.324 e. The summed E-state index contributed by atoms with van der Waals surface area (Å²) in [4.78, 5) is 4.21. The van der Waals surface area contributed by atoms with Crippen molar-refractivity contribution in [3.8, 4) is 0 Å². The van der Waals surface area contributed by atoms with Crippen molar-refractivity contribution in [3.63, 3.8) is 0 Å². The van der Waals surface area contributed by atoms with E-state index in [-0.39, 0.29) is 5.54 Å². The molecule has 0 atom stereocenters. The van der Waals surface area contributed by atoms with Gasteiger partial charge in [0.1, 0.15) is 0 Å². The van der Waals surface area contributed by atoms with Crippen molar-refractivity contribution in [2.24, 2.45) is 5.73 Å². The number of aromatic nitrogens is 1. The summed E-state index contributed by atoms with van der Waals surface area (Å²) in [6.45, 7) is 1.95. The molecule has 1 aromatic rings. The molecular weight excluding hydrogens is 182 g/mol. The second kappa shape index (κ2) is 3.74. The van der Waals surface area contributed by atoms with E-state index in [0.717, 1.165) is 19.5 Å². The molecule has 1 aliphatic carbocycles. The molecule has 1 saturated carbocycles. The summed E-state index contributed by atoms with van der Waals surface area (Å²) >= 11 is 1.71. The number of rotatable bonds is 5. The molecule has 0 radical (unpaired) electrons. The molecule has 3 nitrogen and oxygen atoms in total. The largest absolute Gasteiger partial charge is 0.324 e. The van der Waals surface area contributed by atoms with Crippen molar-refractivity contribution >= 4 is 11.3 Å². The Morgan fingerprint density at radius 2 is 2.46 bits per heavy atom. The average Bonchev–Trinajstić information content (AvgIpc) is 2.69. The van der Waals surface area contributed by atoms with Gasteiger partial charge in [0, 0.05) is 36.6 Å². The van der Waals surface area contributed by atoms with Crippen LogP contribution in [0.3, 0.4) is 0 Å². The molecule has 0 aromatic carbocycles. The molecule has 3 N–H and O–H groups in total. The average molecular weight is 197 g/mol. The third-order valence-electron chi connectivity index (χ3n) is 2.37. The molecule has 0 aliphatic heterocycles. The van der Waals surface area contributed by atoms with Crippen LogP contribution in [0.4, 0.5) is 0 Å². The lowest BCUT2D eigenvalue weighted by molar-refractivity contribution is 0.570. The van der Waals surface area contributed by atoms with Crippen LogP contribution in [0.1, 0.15) is 17.8 Å². The fraction of sp³-hybridized carbons (Fsp3) is 0.667. The van der Waals surface area contributed by atoms with Gasteiger partial charge in [-0.25, -0.2) is 4.98 Å². The molecule has 0 amide bonds. The highest BCUT2D eigenvalue weighted by atomic mass is 32.1. The van der Waals surface area contributed by atoms with E-state index in [2.05, 4.69) is 10.3 Å². The van der Waals surface area contributed by atoms with E-state index in [1.807, 2.05) is 11.6 Å². The van der Waals surface area contributed by atoms with E-state index < -0.39 is 0 Å². The second-order valence-corrected chi connectivity index (χ2v) is 4.69. The Morgan fingerprint density at radius 1 is 1.62 bits per heavy atom. The highest BCUT2D eigenvalue weighted by Gasteiger charge is 2.37. The van der Waals surface area contributed by atoms with Crippen molar-refractivity contribution in [2.75, 3.05) is 13.1 Å². The van der Waals surface area contributed by atoms with Gasteiger partial charge >= 0.3 is 0 Å². The monoisotopic (exact) mass is 197 g/mol. The maximum Gasteiger partial charge on any atom is 0.0937 e. The van der Waals surface area contributed by atoms with Gasteiger partial charge in [-0.1, -0.05) is 0 Å². The standard InChI is InChI=1S/C9H15N3S/c10-9(2-3-9)7-11-4-1-8-12-5-6-13-8/h5-6,11H,1-4,7,10H2. The Bertz CT molecular complexity index is 254. The van der Waals surface area contributed by atoms with E-state index >= 15 is 0 Å². The van der Waals surface area contributed by atoms with Crippen molar-refractivity contribution in [3.05, 3.63) is 16.6 Å². The maximum atomic E-state index is 5.93. The van der Waals surface area contributed by atoms with Gasteiger partial charge in [-0.2, -0.15) is 0 Å². The van der Waals surface area contributed by atoms with Crippen LogP contribution in [-0.4, -0.2) is 23.6 Å². The number of nitrogens with one attached hydrogen (secondary N) is 1. The van der Waals surface area contributed by atoms with E-state index in [0.29, 0.717) is 0 Å². The number of nitrogens with zero attached hydrogens (tertiary/aromatic N) is 1. The van der Waals surface area contributed by atoms with Crippen LogP contribution in [0.15, 0.2) is 11.6 Å². The summed E-state index contributed by atoms with van der Waals surface area (Å²) in [6.07, 6.45) is 5.23. The fourth-order valence-corrected chi connectivity index (χ4v) is 1.87. The molecule has 4 heteroatoms. The van der Waals surface area contributed by atoms with Crippen molar-refractivity contribution < 1.29 is 0 Å². The molecule has 0 bridgehead atoms. The summed E-state index contributed by atoms with van der Waals surface area (Å²) in [6, 6.07) is 0. The number of thiazole rings is 1. The number of hydrogen-bond acceptors (Lipinski definition) is 4. The van der Waals surface area contributed by atoms with E-state index in [1.54, 1.807) is 11.3 Å². The van der Waals surface area contributed by atoms with E-state index in [4.69, 9.17) is 5.73 Å². The van der Waals surface area contributed by atoms with Gasteiger partial charge < -0.3 is 11.1 Å². The van der Waals surface area contributed by atoms with Crippen molar-refractivity contribution in [2.45, 2.75) is 24.8 Å². The molecule has 0 unspecified atom stereocenters. The molecular formula is C9H15N3S. The van der Waals surface area contributed by atoms with Gasteiger partial charge in [-0.15, -0.1) is 11.3 Å². The Morgan fingerprint density at radius 3 is 3.08 bits per heavy atom. The first-order valence-corrected chi connectivity index (χ1v) is 5.54. The molecule has 1 heterocycles. The molecule has 0 spiro atoms. The smallest absolute Gasteiger partial charge is 0.0937 e. The molecule has 2 rings (SSSR count). The van der Waals surface area contributed by atoms with Gasteiger partial charge in [0.2, 0.25) is 0 Å². The van der Waals surface area contributed by atoms with E-state index in [9.17, 15) is 0 Å². The van der Waals surface area contributed by atoms with Crippen LogP contribution in [0.2, 0.25) is 0 Å². The van der Waals surface area contributed by atoms with Crippen LogP contribution in [-0.2, 0) is 6.42 Å². The van der Waals surface area contributed by atoms with Crippen LogP contribution in [0.25, 0.3) is 0 Å². The third-order valence-corrected chi connectivity index (χ3v) is 3.21. The molecule has 72 valence electrons. The molecule has 1 aliphatic rings. The first-order valence-electron chi connectivity index (χ1n) is 4.66. The molecule has 0 saturated heterocycles. The molecule has 1 aromatic heterocycles. The van der Waals surface area contributed by atoms with Crippen molar-refractivity contribution in [1.29, 1.82) is 0 Å². The quantitative estimate of drug-likeness (QED) is 0.685. The third kappa shape index (κ3) is 2.76. The van der Waals surface area contributed by atoms with Crippen molar-refractivity contribution in [1.82, 2.24) is 10.3 Å². The topological polar surface area (TPSA) is 50.9 Å². The zero-order valence-electron chi connectivity index (χ0n) is 7.62. The number of hydrogen-bond donors (Lipinski definition) is 2. The van der Waals surface area contributed by atoms with Gasteiger partial charge in [0.25, 0.3) is 0 Å². The minimum absolute atomic E-state index is 0.128. The second-order valence-electron chi connectivity index (χ2n) is 3.71. The van der Waals surface area contributed by atoms with Gasteiger partial charge in [-0.3, -0.25) is 0 Å². The van der Waals surface area contributed by atoms with Crippen LogP contribution in [0, 0.1) is 0 Å². The summed E-state index contributed by atoms with van der Waals surface area (Å²) in [5, 5.41) is 6.59. The lowest BCUT2D eigenvalue weighted by atomic mass is 10.3. The zero-order chi connectivity index (χ0) is 9.15. The number of nitrogens with two attached hydrogens (primary N) is 1. The van der Waals surface area contributed by atoms with Crippen LogP contribution in [0.5, 0.6) is 0 Å². The summed E-state index contributed by atoms with van der Waals surface area (Å²) < 4.78 is 0. The Balaban J connectivity index is 1.59. The maximum absolute atomic E-state index is 5.93. The Kier molecular flexibility index (Phi) is 2.62. The zero-order valence-corrected chi connectivity index (χ0v) is 8.44. The van der Waals surface area contributed by atoms with Gasteiger partial charge in [0.15, 0.2) is 0 Å². The first kappa shape index (κ1) is 9.12. The predicted molar refractivity (Wildman–Crippen MR) is 54.8 cm³/mol. The highest BCUT2D eigenvalue weighted by molar-refractivity contribution is 7.09. The van der Waals surface area contributed by atoms with Crippen LogP contribution >= 0.6 is 11.3 Å². The summed E-state index contributed by atoms with van der Waals surface area (Å²) in [5.41, 5.74) is 6.06. The Hall–Kier alpha value is -0.450. The summed E-state index contributed by atoms with van der Waals surface area (Å²) in [5.74, 6) is 0. The van der Waals surface area contributed by atoms with E-state index in [1.165, 1.54) is 17.8 Å². The lowest BCUT2D eigenvalue weighted by Gasteiger charge is -2.08. The fourth-order valence-electron chi connectivity index (χ4n) is 1.25. The summed E-state index contributed by atoms with van der Waals surface area (Å²) in [7, 11) is 0.